The minimum atomic E-state index is -0.987. The van der Waals surface area contributed by atoms with Crippen molar-refractivity contribution in [1.82, 2.24) is 5.16 Å². The number of hydrogen-bond donors (Lipinski definition) is 1. The number of nitrogens with zero attached hydrogens (tertiary/aromatic N) is 1. The Morgan fingerprint density at radius 2 is 1.48 bits per heavy atom. The summed E-state index contributed by atoms with van der Waals surface area (Å²) in [5.74, 6) is -0.691. The van der Waals surface area contributed by atoms with Gasteiger partial charge in [0.1, 0.15) is 12.1 Å². The monoisotopic (exact) mass is 347 g/mol. The van der Waals surface area contributed by atoms with Crippen molar-refractivity contribution in [1.29, 1.82) is 0 Å². The molecule has 1 aromatic heterocycles. The lowest BCUT2D eigenvalue weighted by Gasteiger charge is -2.04. The van der Waals surface area contributed by atoms with Crippen molar-refractivity contribution < 1.29 is 14.4 Å². The normalized spacial score (nSPS) is 10.7. The van der Waals surface area contributed by atoms with Crippen LogP contribution in [0.4, 0.5) is 0 Å². The molecule has 0 aliphatic heterocycles. The molecule has 0 bridgehead atoms. The van der Waals surface area contributed by atoms with E-state index in [0.717, 1.165) is 11.1 Å². The maximum atomic E-state index is 11.1. The molecule has 0 aliphatic rings. The number of carboxylic acid groups (broad SMARTS) is 1. The molecule has 4 nitrogen and oxygen atoms in total. The van der Waals surface area contributed by atoms with Crippen LogP contribution in [0.3, 0.4) is 0 Å². The molecule has 3 aromatic rings. The van der Waals surface area contributed by atoms with E-state index in [4.69, 9.17) is 32.8 Å². The second kappa shape index (κ2) is 6.44. The molecule has 6 heteroatoms. The Balaban J connectivity index is 2.16. The van der Waals surface area contributed by atoms with E-state index in [1.54, 1.807) is 36.4 Å². The van der Waals surface area contributed by atoms with Crippen LogP contribution in [0.2, 0.25) is 10.0 Å². The van der Waals surface area contributed by atoms with Gasteiger partial charge in [0.05, 0.1) is 5.56 Å². The predicted molar refractivity (Wildman–Crippen MR) is 88.7 cm³/mol. The smallest absolute Gasteiger partial charge is 0.311 e. The summed E-state index contributed by atoms with van der Waals surface area (Å²) in [6.45, 7) is 0. The maximum Gasteiger partial charge on any atom is 0.311 e. The largest absolute Gasteiger partial charge is 0.481 e. The van der Waals surface area contributed by atoms with Gasteiger partial charge in [-0.3, -0.25) is 4.79 Å². The van der Waals surface area contributed by atoms with E-state index in [1.807, 2.05) is 12.1 Å². The Kier molecular flexibility index (Phi) is 4.37. The zero-order chi connectivity index (χ0) is 16.4. The standard InChI is InChI=1S/C17H11Cl2NO3/c18-12-5-1-10(2-6-12)16-14(9-15(21)22)23-20-17(16)11-3-7-13(19)8-4-11/h1-8H,9H2,(H,21,22). The molecule has 116 valence electrons. The summed E-state index contributed by atoms with van der Waals surface area (Å²) in [7, 11) is 0. The van der Waals surface area contributed by atoms with Gasteiger partial charge in [-0.15, -0.1) is 0 Å². The van der Waals surface area contributed by atoms with Gasteiger partial charge in [0.15, 0.2) is 5.76 Å². The van der Waals surface area contributed by atoms with Gasteiger partial charge in [0.25, 0.3) is 0 Å². The molecular formula is C17H11Cl2NO3. The van der Waals surface area contributed by atoms with Crippen molar-refractivity contribution in [3.05, 3.63) is 64.3 Å². The molecule has 1 N–H and O–H groups in total. The Labute approximate surface area is 142 Å². The van der Waals surface area contributed by atoms with E-state index < -0.39 is 5.97 Å². The number of aliphatic carboxylic acids is 1. The Bertz CT molecular complexity index is 839. The Hall–Kier alpha value is -2.30. The van der Waals surface area contributed by atoms with Gasteiger partial charge in [0, 0.05) is 15.6 Å². The average molecular weight is 348 g/mol. The van der Waals surface area contributed by atoms with Crippen LogP contribution in [0, 0.1) is 0 Å². The van der Waals surface area contributed by atoms with Gasteiger partial charge in [-0.1, -0.05) is 52.6 Å². The van der Waals surface area contributed by atoms with Crippen molar-refractivity contribution in [2.45, 2.75) is 6.42 Å². The maximum absolute atomic E-state index is 11.1. The third-order valence-corrected chi connectivity index (χ3v) is 3.83. The fourth-order valence-corrected chi connectivity index (χ4v) is 2.55. The zero-order valence-electron chi connectivity index (χ0n) is 11.8. The van der Waals surface area contributed by atoms with Crippen LogP contribution in [0.15, 0.2) is 53.1 Å². The van der Waals surface area contributed by atoms with E-state index in [2.05, 4.69) is 5.16 Å². The summed E-state index contributed by atoms with van der Waals surface area (Å²) in [5, 5.41) is 14.3. The lowest BCUT2D eigenvalue weighted by Crippen LogP contribution is -2.00. The fraction of sp³-hybridized carbons (Fsp3) is 0.0588. The van der Waals surface area contributed by atoms with Gasteiger partial charge in [-0.05, 0) is 29.8 Å². The number of carboxylic acids is 1. The molecule has 0 saturated heterocycles. The topological polar surface area (TPSA) is 63.3 Å². The molecule has 0 aliphatic carbocycles. The molecule has 0 unspecified atom stereocenters. The molecule has 0 atom stereocenters. The van der Waals surface area contributed by atoms with E-state index >= 15 is 0 Å². The highest BCUT2D eigenvalue weighted by atomic mass is 35.5. The number of benzene rings is 2. The molecule has 0 spiro atoms. The molecule has 23 heavy (non-hydrogen) atoms. The highest BCUT2D eigenvalue weighted by Crippen LogP contribution is 2.35. The van der Waals surface area contributed by atoms with Crippen molar-refractivity contribution in [2.75, 3.05) is 0 Å². The summed E-state index contributed by atoms with van der Waals surface area (Å²) >= 11 is 11.8. The van der Waals surface area contributed by atoms with E-state index in [1.165, 1.54) is 0 Å². The Morgan fingerprint density at radius 3 is 2.00 bits per heavy atom. The molecule has 3 rings (SSSR count). The van der Waals surface area contributed by atoms with Gasteiger partial charge in [0.2, 0.25) is 0 Å². The quantitative estimate of drug-likeness (QED) is 0.725. The number of carbonyl (C=O) groups is 1. The van der Waals surface area contributed by atoms with Gasteiger partial charge in [-0.25, -0.2) is 0 Å². The second-order valence-corrected chi connectivity index (χ2v) is 5.79. The first-order valence-electron chi connectivity index (χ1n) is 6.77. The van der Waals surface area contributed by atoms with Crippen molar-refractivity contribution in [3.63, 3.8) is 0 Å². The first-order chi connectivity index (χ1) is 11.0. The molecule has 0 saturated carbocycles. The minimum absolute atomic E-state index is 0.251. The average Bonchev–Trinajstić information content (AvgIpc) is 2.92. The van der Waals surface area contributed by atoms with Crippen LogP contribution in [0.25, 0.3) is 22.4 Å². The van der Waals surface area contributed by atoms with Crippen LogP contribution in [0.1, 0.15) is 5.76 Å². The number of hydrogen-bond acceptors (Lipinski definition) is 3. The fourth-order valence-electron chi connectivity index (χ4n) is 2.30. The molecule has 1 heterocycles. The third kappa shape index (κ3) is 3.38. The summed E-state index contributed by atoms with van der Waals surface area (Å²) < 4.78 is 5.28. The lowest BCUT2D eigenvalue weighted by atomic mass is 9.98. The highest BCUT2D eigenvalue weighted by Gasteiger charge is 2.21. The van der Waals surface area contributed by atoms with Gasteiger partial charge in [-0.2, -0.15) is 0 Å². The Morgan fingerprint density at radius 1 is 0.957 bits per heavy atom. The summed E-state index contributed by atoms with van der Waals surface area (Å²) in [6, 6.07) is 14.2. The summed E-state index contributed by atoms with van der Waals surface area (Å²) in [5.41, 5.74) is 2.79. The number of aromatic nitrogens is 1. The van der Waals surface area contributed by atoms with Crippen LogP contribution >= 0.6 is 23.2 Å². The van der Waals surface area contributed by atoms with Crippen LogP contribution in [0.5, 0.6) is 0 Å². The summed E-state index contributed by atoms with van der Waals surface area (Å²) in [4.78, 5) is 11.1. The van der Waals surface area contributed by atoms with Crippen LogP contribution < -0.4 is 0 Å². The van der Waals surface area contributed by atoms with Crippen molar-refractivity contribution >= 4 is 29.2 Å². The van der Waals surface area contributed by atoms with Crippen molar-refractivity contribution in [3.8, 4) is 22.4 Å². The first-order valence-corrected chi connectivity index (χ1v) is 7.52. The molecule has 0 radical (unpaired) electrons. The number of halogens is 2. The minimum Gasteiger partial charge on any atom is -0.481 e. The molecule has 0 fully saturated rings. The predicted octanol–water partition coefficient (Wildman–Crippen LogP) is 4.94. The second-order valence-electron chi connectivity index (χ2n) is 4.91. The van der Waals surface area contributed by atoms with E-state index in [-0.39, 0.29) is 6.42 Å². The number of rotatable bonds is 4. The van der Waals surface area contributed by atoms with Gasteiger partial charge >= 0.3 is 5.97 Å². The SMILES string of the molecule is O=C(O)Cc1onc(-c2ccc(Cl)cc2)c1-c1ccc(Cl)cc1. The van der Waals surface area contributed by atoms with Crippen LogP contribution in [-0.2, 0) is 11.2 Å². The summed E-state index contributed by atoms with van der Waals surface area (Å²) in [6.07, 6.45) is -0.251. The van der Waals surface area contributed by atoms with Gasteiger partial charge < -0.3 is 9.63 Å². The van der Waals surface area contributed by atoms with Crippen LogP contribution in [-0.4, -0.2) is 16.2 Å². The molecule has 2 aromatic carbocycles. The first kappa shape index (κ1) is 15.6. The zero-order valence-corrected chi connectivity index (χ0v) is 13.3. The van der Waals surface area contributed by atoms with E-state index in [9.17, 15) is 4.79 Å². The third-order valence-electron chi connectivity index (χ3n) is 3.33. The molecule has 0 amide bonds. The van der Waals surface area contributed by atoms with E-state index in [0.29, 0.717) is 27.1 Å². The molecular weight excluding hydrogens is 337 g/mol. The lowest BCUT2D eigenvalue weighted by molar-refractivity contribution is -0.136. The highest BCUT2D eigenvalue weighted by molar-refractivity contribution is 6.31. The van der Waals surface area contributed by atoms with Crippen molar-refractivity contribution in [2.24, 2.45) is 0 Å².